The maximum Gasteiger partial charge on any atom is 0.230 e. The normalized spacial score (nSPS) is 20.6. The van der Waals surface area contributed by atoms with Gasteiger partial charge in [0.15, 0.2) is 6.17 Å². The lowest BCUT2D eigenvalue weighted by molar-refractivity contribution is -0.138. The van der Waals surface area contributed by atoms with Crippen molar-refractivity contribution >= 4 is 33.4 Å². The van der Waals surface area contributed by atoms with E-state index in [1.54, 1.807) is 12.1 Å². The van der Waals surface area contributed by atoms with Crippen LogP contribution < -0.4 is 10.1 Å². The van der Waals surface area contributed by atoms with Crippen LogP contribution in [0.1, 0.15) is 28.8 Å². The highest BCUT2D eigenvalue weighted by molar-refractivity contribution is 7.19. The van der Waals surface area contributed by atoms with Crippen LogP contribution in [0.15, 0.2) is 24.5 Å². The number of aromatic nitrogens is 2. The third-order valence-electron chi connectivity index (χ3n) is 5.85. The molecule has 33 heavy (non-hydrogen) atoms. The molecule has 2 fully saturated rings. The van der Waals surface area contributed by atoms with Crippen molar-refractivity contribution in [1.29, 1.82) is 5.26 Å². The summed E-state index contributed by atoms with van der Waals surface area (Å²) in [7, 11) is 0. The summed E-state index contributed by atoms with van der Waals surface area (Å²) in [6.45, 7) is 2.63. The van der Waals surface area contributed by atoms with Gasteiger partial charge in [0.25, 0.3) is 0 Å². The highest BCUT2D eigenvalue weighted by Crippen LogP contribution is 2.40. The van der Waals surface area contributed by atoms with Crippen LogP contribution in [0, 0.1) is 18.3 Å². The van der Waals surface area contributed by atoms with Crippen LogP contribution >= 0.6 is 11.3 Å². The molecule has 2 aliphatic heterocycles. The first-order valence-corrected chi connectivity index (χ1v) is 11.4. The number of alkyl halides is 1. The molecule has 10 heteroatoms. The molecule has 168 valence electrons. The summed E-state index contributed by atoms with van der Waals surface area (Å²) in [6.07, 6.45) is 0.122. The highest BCUT2D eigenvalue weighted by atomic mass is 32.1. The lowest BCUT2D eigenvalue weighted by Gasteiger charge is -2.20. The third-order valence-corrected chi connectivity index (χ3v) is 6.96. The second-order valence-corrected chi connectivity index (χ2v) is 9.27. The van der Waals surface area contributed by atoms with E-state index < -0.39 is 12.3 Å². The summed E-state index contributed by atoms with van der Waals surface area (Å²) in [5.74, 6) is 0.121. The molecule has 0 spiro atoms. The number of nitrogens with zero attached hydrogens (tertiary/aromatic N) is 4. The van der Waals surface area contributed by atoms with Crippen molar-refractivity contribution in [1.82, 2.24) is 20.2 Å². The summed E-state index contributed by atoms with van der Waals surface area (Å²) in [5, 5.41) is 12.5. The second kappa shape index (κ2) is 8.50. The number of benzene rings is 1. The van der Waals surface area contributed by atoms with Gasteiger partial charge in [-0.2, -0.15) is 5.26 Å². The van der Waals surface area contributed by atoms with E-state index in [0.717, 1.165) is 9.58 Å². The molecule has 1 N–H and O–H groups in total. The van der Waals surface area contributed by atoms with Gasteiger partial charge in [0, 0.05) is 36.4 Å². The maximum absolute atomic E-state index is 14.3. The molecular weight excluding hydrogens is 445 g/mol. The molecule has 5 rings (SSSR count). The standard InChI is InChI=1S/C23H20FN5O3S/c1-12-4-13(7-25)5-15(22(12)32-18-9-26-8-16(18)24)21-23-17(27-11-28-21)6-14(33-23)10-29-19(30)2-3-20(29)31/h4-6,11,16,18,26H,2-3,8-10H2,1H3/t16-,18+/m0/s1. The summed E-state index contributed by atoms with van der Waals surface area (Å²) < 4.78 is 21.1. The van der Waals surface area contributed by atoms with E-state index in [1.165, 1.54) is 22.6 Å². The zero-order valence-electron chi connectivity index (χ0n) is 17.8. The average Bonchev–Trinajstić information content (AvgIpc) is 3.49. The van der Waals surface area contributed by atoms with Crippen LogP contribution in [0.4, 0.5) is 4.39 Å². The molecule has 0 bridgehead atoms. The first-order chi connectivity index (χ1) is 15.9. The van der Waals surface area contributed by atoms with E-state index in [9.17, 15) is 19.2 Å². The number of ether oxygens (including phenoxy) is 1. The number of halogens is 1. The second-order valence-electron chi connectivity index (χ2n) is 8.14. The smallest absolute Gasteiger partial charge is 0.230 e. The van der Waals surface area contributed by atoms with Crippen molar-refractivity contribution in [2.75, 3.05) is 13.1 Å². The minimum atomic E-state index is -1.14. The number of nitriles is 1. The molecule has 2 saturated heterocycles. The van der Waals surface area contributed by atoms with Crippen molar-refractivity contribution in [3.8, 4) is 23.1 Å². The number of rotatable bonds is 5. The summed E-state index contributed by atoms with van der Waals surface area (Å²) in [5.41, 5.74) is 2.95. The number of hydrogen-bond acceptors (Lipinski definition) is 8. The van der Waals surface area contributed by atoms with Gasteiger partial charge in [-0.05, 0) is 30.7 Å². The van der Waals surface area contributed by atoms with Crippen molar-refractivity contribution in [2.45, 2.75) is 38.6 Å². The first kappa shape index (κ1) is 21.4. The molecule has 0 saturated carbocycles. The number of thiophene rings is 1. The fraction of sp³-hybridized carbons (Fsp3) is 0.348. The van der Waals surface area contributed by atoms with Gasteiger partial charge >= 0.3 is 0 Å². The zero-order valence-corrected chi connectivity index (χ0v) is 18.6. The number of imide groups is 1. The number of hydrogen-bond donors (Lipinski definition) is 1. The third kappa shape index (κ3) is 3.94. The fourth-order valence-electron chi connectivity index (χ4n) is 4.19. The monoisotopic (exact) mass is 465 g/mol. The Kier molecular flexibility index (Phi) is 5.52. The maximum atomic E-state index is 14.3. The average molecular weight is 466 g/mol. The van der Waals surface area contributed by atoms with Gasteiger partial charge in [0.1, 0.15) is 18.2 Å². The number of likely N-dealkylation sites (tertiary alicyclic amines) is 1. The molecule has 3 aromatic rings. The lowest BCUT2D eigenvalue weighted by Crippen LogP contribution is -2.27. The topological polar surface area (TPSA) is 108 Å². The van der Waals surface area contributed by atoms with Gasteiger partial charge < -0.3 is 10.1 Å². The van der Waals surface area contributed by atoms with E-state index >= 15 is 0 Å². The Hall–Kier alpha value is -3.42. The van der Waals surface area contributed by atoms with E-state index in [4.69, 9.17) is 4.74 Å². The van der Waals surface area contributed by atoms with Crippen molar-refractivity contribution in [2.24, 2.45) is 0 Å². The SMILES string of the molecule is Cc1cc(C#N)cc(-c2ncnc3cc(CN4C(=O)CCC4=O)sc23)c1O[C@@H]1CNC[C@@H]1F. The Morgan fingerprint density at radius 2 is 2.03 bits per heavy atom. The van der Waals surface area contributed by atoms with Gasteiger partial charge in [-0.15, -0.1) is 11.3 Å². The minimum absolute atomic E-state index is 0.178. The van der Waals surface area contributed by atoms with E-state index in [2.05, 4.69) is 21.4 Å². The lowest BCUT2D eigenvalue weighted by atomic mass is 10.0. The molecule has 4 heterocycles. The number of amides is 2. The number of nitrogens with one attached hydrogen (secondary N) is 1. The first-order valence-electron chi connectivity index (χ1n) is 10.6. The number of carbonyl (C=O) groups is 2. The van der Waals surface area contributed by atoms with Crippen LogP contribution in [0.2, 0.25) is 0 Å². The van der Waals surface area contributed by atoms with Crippen LogP contribution in [0.3, 0.4) is 0 Å². The molecule has 2 aliphatic rings. The minimum Gasteiger partial charge on any atom is -0.485 e. The molecule has 2 amide bonds. The quantitative estimate of drug-likeness (QED) is 0.577. The molecule has 0 aliphatic carbocycles. The summed E-state index contributed by atoms with van der Waals surface area (Å²) in [4.78, 5) is 35.0. The van der Waals surface area contributed by atoms with E-state index in [-0.39, 0.29) is 37.7 Å². The molecule has 0 unspecified atom stereocenters. The molecular formula is C23H20FN5O3S. The summed E-state index contributed by atoms with van der Waals surface area (Å²) >= 11 is 1.38. The molecule has 2 atom stereocenters. The largest absolute Gasteiger partial charge is 0.485 e. The highest BCUT2D eigenvalue weighted by Gasteiger charge is 2.31. The number of carbonyl (C=O) groups excluding carboxylic acids is 2. The molecule has 2 aromatic heterocycles. The molecule has 8 nitrogen and oxygen atoms in total. The van der Waals surface area contributed by atoms with Gasteiger partial charge in [0.2, 0.25) is 11.8 Å². The van der Waals surface area contributed by atoms with Gasteiger partial charge in [-0.25, -0.2) is 14.4 Å². The Morgan fingerprint density at radius 3 is 2.73 bits per heavy atom. The van der Waals surface area contributed by atoms with Gasteiger partial charge in [0.05, 0.1) is 34.1 Å². The Bertz CT molecular complexity index is 1300. The van der Waals surface area contributed by atoms with Crippen LogP contribution in [-0.4, -0.2) is 52.0 Å². The summed E-state index contributed by atoms with van der Waals surface area (Å²) in [6, 6.07) is 7.39. The van der Waals surface area contributed by atoms with Crippen LogP contribution in [-0.2, 0) is 16.1 Å². The van der Waals surface area contributed by atoms with Gasteiger partial charge in [-0.1, -0.05) is 0 Å². The van der Waals surface area contributed by atoms with Crippen LogP contribution in [0.25, 0.3) is 21.5 Å². The number of aryl methyl sites for hydroxylation is 1. The van der Waals surface area contributed by atoms with Crippen molar-refractivity contribution < 1.29 is 18.7 Å². The zero-order chi connectivity index (χ0) is 23.1. The predicted molar refractivity (Wildman–Crippen MR) is 119 cm³/mol. The van der Waals surface area contributed by atoms with Gasteiger partial charge in [-0.3, -0.25) is 14.5 Å². The Morgan fingerprint density at radius 1 is 1.24 bits per heavy atom. The predicted octanol–water partition coefficient (Wildman–Crippen LogP) is 2.88. The molecule has 0 radical (unpaired) electrons. The number of fused-ring (bicyclic) bond motifs is 1. The van der Waals surface area contributed by atoms with E-state index in [1.807, 2.05) is 13.0 Å². The Balaban J connectivity index is 1.59. The fourth-order valence-corrected chi connectivity index (χ4v) is 5.29. The van der Waals surface area contributed by atoms with Crippen molar-refractivity contribution in [3.63, 3.8) is 0 Å². The Labute approximate surface area is 193 Å². The van der Waals surface area contributed by atoms with Crippen molar-refractivity contribution in [3.05, 3.63) is 40.5 Å². The van der Waals surface area contributed by atoms with Crippen LogP contribution in [0.5, 0.6) is 5.75 Å². The molecule has 1 aromatic carbocycles. The van der Waals surface area contributed by atoms with E-state index in [0.29, 0.717) is 40.2 Å².